The van der Waals surface area contributed by atoms with Crippen molar-refractivity contribution >= 4 is 46.5 Å². The lowest BCUT2D eigenvalue weighted by Crippen LogP contribution is -2.28. The average molecular weight is 364 g/mol. The van der Waals surface area contributed by atoms with Gasteiger partial charge >= 0.3 is 0 Å². The Bertz CT molecular complexity index is 793. The number of carbonyl (C=O) groups excluding carboxylic acids is 2. The molecule has 5 nitrogen and oxygen atoms in total. The van der Waals surface area contributed by atoms with E-state index in [0.29, 0.717) is 28.1 Å². The van der Waals surface area contributed by atoms with Gasteiger partial charge in [0.15, 0.2) is 0 Å². The smallest absolute Gasteiger partial charge is 0.230 e. The van der Waals surface area contributed by atoms with Gasteiger partial charge in [-0.05, 0) is 36.8 Å². The number of aromatic nitrogens is 1. The lowest BCUT2D eigenvalue weighted by Gasteiger charge is -2.17. The summed E-state index contributed by atoms with van der Waals surface area (Å²) in [5.74, 6) is -0.359. The van der Waals surface area contributed by atoms with E-state index in [1.165, 1.54) is 6.20 Å². The highest BCUT2D eigenvalue weighted by molar-refractivity contribution is 6.31. The van der Waals surface area contributed by atoms with Gasteiger partial charge in [0.25, 0.3) is 0 Å². The van der Waals surface area contributed by atoms with Gasteiger partial charge in [-0.15, -0.1) is 0 Å². The van der Waals surface area contributed by atoms with Crippen LogP contribution in [0.2, 0.25) is 10.0 Å². The Labute approximate surface area is 149 Å². The molecule has 1 saturated heterocycles. The molecule has 1 N–H and O–H groups in total. The zero-order valence-corrected chi connectivity index (χ0v) is 14.4. The van der Waals surface area contributed by atoms with E-state index in [-0.39, 0.29) is 18.2 Å². The molecule has 1 aromatic carbocycles. The van der Waals surface area contributed by atoms with Crippen molar-refractivity contribution in [2.45, 2.75) is 13.3 Å². The molecule has 1 fully saturated rings. The molecule has 1 atom stereocenters. The Kier molecular flexibility index (Phi) is 4.73. The van der Waals surface area contributed by atoms with Crippen LogP contribution >= 0.6 is 23.2 Å². The number of rotatable bonds is 3. The quantitative estimate of drug-likeness (QED) is 0.904. The second-order valence-corrected chi connectivity index (χ2v) is 6.53. The van der Waals surface area contributed by atoms with Gasteiger partial charge in [0, 0.05) is 29.9 Å². The van der Waals surface area contributed by atoms with Gasteiger partial charge in [0.1, 0.15) is 5.82 Å². The van der Waals surface area contributed by atoms with Gasteiger partial charge in [-0.1, -0.05) is 29.3 Å². The fourth-order valence-electron chi connectivity index (χ4n) is 2.56. The fourth-order valence-corrected chi connectivity index (χ4v) is 2.85. The number of amides is 2. The zero-order chi connectivity index (χ0) is 17.3. The van der Waals surface area contributed by atoms with E-state index >= 15 is 0 Å². The van der Waals surface area contributed by atoms with E-state index in [2.05, 4.69) is 10.3 Å². The number of benzene rings is 1. The van der Waals surface area contributed by atoms with Gasteiger partial charge < -0.3 is 10.2 Å². The largest absolute Gasteiger partial charge is 0.312 e. The molecule has 1 aliphatic rings. The van der Waals surface area contributed by atoms with Crippen molar-refractivity contribution in [2.75, 3.05) is 16.8 Å². The molecular weight excluding hydrogens is 349 g/mol. The van der Waals surface area contributed by atoms with Crippen molar-refractivity contribution in [3.63, 3.8) is 0 Å². The highest BCUT2D eigenvalue weighted by atomic mass is 35.5. The Morgan fingerprint density at radius 2 is 2.08 bits per heavy atom. The SMILES string of the molecule is Cc1ccc(N2CC(C(=O)Nc3ccc(Cl)cn3)CC2=O)cc1Cl. The molecule has 7 heteroatoms. The summed E-state index contributed by atoms with van der Waals surface area (Å²) in [7, 11) is 0. The molecule has 0 spiro atoms. The highest BCUT2D eigenvalue weighted by Crippen LogP contribution is 2.29. The molecule has 2 aromatic rings. The van der Waals surface area contributed by atoms with Crippen LogP contribution in [0.15, 0.2) is 36.5 Å². The van der Waals surface area contributed by atoms with Crippen LogP contribution in [-0.2, 0) is 9.59 Å². The van der Waals surface area contributed by atoms with Crippen LogP contribution in [0.5, 0.6) is 0 Å². The number of nitrogens with one attached hydrogen (secondary N) is 1. The van der Waals surface area contributed by atoms with Crippen LogP contribution < -0.4 is 10.2 Å². The highest BCUT2D eigenvalue weighted by Gasteiger charge is 2.35. The molecular formula is C17H15Cl2N3O2. The minimum Gasteiger partial charge on any atom is -0.312 e. The molecule has 0 saturated carbocycles. The Morgan fingerprint density at radius 3 is 2.75 bits per heavy atom. The summed E-state index contributed by atoms with van der Waals surface area (Å²) in [5.41, 5.74) is 1.64. The van der Waals surface area contributed by atoms with Crippen molar-refractivity contribution in [1.29, 1.82) is 0 Å². The van der Waals surface area contributed by atoms with E-state index in [1.54, 1.807) is 23.1 Å². The van der Waals surface area contributed by atoms with E-state index < -0.39 is 5.92 Å². The summed E-state index contributed by atoms with van der Waals surface area (Å²) < 4.78 is 0. The molecule has 2 heterocycles. The molecule has 1 aromatic heterocycles. The third-order valence-corrected chi connectivity index (χ3v) is 4.57. The Morgan fingerprint density at radius 1 is 1.29 bits per heavy atom. The lowest BCUT2D eigenvalue weighted by molar-refractivity contribution is -0.122. The summed E-state index contributed by atoms with van der Waals surface area (Å²) in [6.45, 7) is 2.21. The minimum absolute atomic E-state index is 0.0980. The number of anilines is 2. The van der Waals surface area contributed by atoms with Crippen LogP contribution in [0.25, 0.3) is 0 Å². The van der Waals surface area contributed by atoms with Crippen LogP contribution in [0.1, 0.15) is 12.0 Å². The maximum Gasteiger partial charge on any atom is 0.230 e. The van der Waals surface area contributed by atoms with Gasteiger partial charge in [0.2, 0.25) is 11.8 Å². The topological polar surface area (TPSA) is 62.3 Å². The molecule has 3 rings (SSSR count). The third-order valence-electron chi connectivity index (χ3n) is 3.94. The first-order valence-corrected chi connectivity index (χ1v) is 8.18. The molecule has 2 amide bonds. The fraction of sp³-hybridized carbons (Fsp3) is 0.235. The van der Waals surface area contributed by atoms with E-state index in [1.807, 2.05) is 19.1 Å². The van der Waals surface area contributed by atoms with Gasteiger partial charge in [-0.25, -0.2) is 4.98 Å². The minimum atomic E-state index is -0.435. The predicted molar refractivity (Wildman–Crippen MR) is 94.5 cm³/mol. The summed E-state index contributed by atoms with van der Waals surface area (Å²) >= 11 is 11.9. The second-order valence-electron chi connectivity index (χ2n) is 5.69. The van der Waals surface area contributed by atoms with E-state index in [9.17, 15) is 9.59 Å². The molecule has 1 aliphatic heterocycles. The summed E-state index contributed by atoms with van der Waals surface area (Å²) in [5, 5.41) is 3.80. The number of hydrogen-bond donors (Lipinski definition) is 1. The van der Waals surface area contributed by atoms with Crippen molar-refractivity contribution in [3.05, 3.63) is 52.1 Å². The summed E-state index contributed by atoms with van der Waals surface area (Å²) in [6.07, 6.45) is 1.61. The average Bonchev–Trinajstić information content (AvgIpc) is 2.94. The van der Waals surface area contributed by atoms with Crippen molar-refractivity contribution in [1.82, 2.24) is 4.98 Å². The maximum atomic E-state index is 12.4. The van der Waals surface area contributed by atoms with Crippen molar-refractivity contribution in [2.24, 2.45) is 5.92 Å². The second kappa shape index (κ2) is 6.79. The van der Waals surface area contributed by atoms with E-state index in [4.69, 9.17) is 23.2 Å². The third kappa shape index (κ3) is 3.52. The maximum absolute atomic E-state index is 12.4. The molecule has 0 radical (unpaired) electrons. The first-order chi connectivity index (χ1) is 11.4. The molecule has 24 heavy (non-hydrogen) atoms. The predicted octanol–water partition coefficient (Wildman–Crippen LogP) is 3.69. The first-order valence-electron chi connectivity index (χ1n) is 7.43. The number of carbonyl (C=O) groups is 2. The molecule has 0 aliphatic carbocycles. The van der Waals surface area contributed by atoms with Crippen molar-refractivity contribution < 1.29 is 9.59 Å². The van der Waals surface area contributed by atoms with Crippen molar-refractivity contribution in [3.8, 4) is 0 Å². The molecule has 1 unspecified atom stereocenters. The number of aryl methyl sites for hydroxylation is 1. The van der Waals surface area contributed by atoms with Crippen LogP contribution in [0.3, 0.4) is 0 Å². The Balaban J connectivity index is 1.70. The first kappa shape index (κ1) is 16.7. The zero-order valence-electron chi connectivity index (χ0n) is 12.9. The summed E-state index contributed by atoms with van der Waals surface area (Å²) in [4.78, 5) is 30.2. The summed E-state index contributed by atoms with van der Waals surface area (Å²) in [6, 6.07) is 8.70. The number of nitrogens with zero attached hydrogens (tertiary/aromatic N) is 2. The number of hydrogen-bond acceptors (Lipinski definition) is 3. The van der Waals surface area contributed by atoms with Gasteiger partial charge in [-0.3, -0.25) is 9.59 Å². The Hall–Kier alpha value is -2.11. The number of halogens is 2. The monoisotopic (exact) mass is 363 g/mol. The standard InChI is InChI=1S/C17H15Cl2N3O2/c1-10-2-4-13(7-14(10)19)22-9-11(6-16(22)23)17(24)21-15-5-3-12(18)8-20-15/h2-5,7-8,11H,6,9H2,1H3,(H,20,21,24). The van der Waals surface area contributed by atoms with E-state index in [0.717, 1.165) is 5.56 Å². The van der Waals surface area contributed by atoms with Crippen LogP contribution in [0, 0.1) is 12.8 Å². The normalized spacial score (nSPS) is 17.2. The van der Waals surface area contributed by atoms with Crippen LogP contribution in [-0.4, -0.2) is 23.3 Å². The van der Waals surface area contributed by atoms with Gasteiger partial charge in [-0.2, -0.15) is 0 Å². The molecule has 124 valence electrons. The van der Waals surface area contributed by atoms with Gasteiger partial charge in [0.05, 0.1) is 10.9 Å². The molecule has 0 bridgehead atoms. The lowest BCUT2D eigenvalue weighted by atomic mass is 10.1. The number of pyridine rings is 1. The van der Waals surface area contributed by atoms with Crippen LogP contribution in [0.4, 0.5) is 11.5 Å².